The Morgan fingerprint density at radius 2 is 2.23 bits per heavy atom. The van der Waals surface area contributed by atoms with Crippen molar-refractivity contribution >= 4 is 11.8 Å². The number of halogens is 2. The van der Waals surface area contributed by atoms with E-state index in [1.165, 1.54) is 12.3 Å². The summed E-state index contributed by atoms with van der Waals surface area (Å²) in [6.07, 6.45) is 0.466. The van der Waals surface area contributed by atoms with Crippen LogP contribution in [0, 0.1) is 11.3 Å². The Morgan fingerprint density at radius 3 is 2.82 bits per heavy atom. The maximum atomic E-state index is 13.2. The van der Waals surface area contributed by atoms with Gasteiger partial charge in [0.05, 0.1) is 24.7 Å². The van der Waals surface area contributed by atoms with Crippen LogP contribution in [0.3, 0.4) is 0 Å². The third-order valence-electron chi connectivity index (χ3n) is 3.19. The molecule has 2 heterocycles. The first-order valence-corrected chi connectivity index (χ1v) is 6.36. The van der Waals surface area contributed by atoms with Gasteiger partial charge in [0.25, 0.3) is 11.8 Å². The van der Waals surface area contributed by atoms with Crippen molar-refractivity contribution in [2.45, 2.75) is 18.4 Å². The second kappa shape index (κ2) is 5.93. The second-order valence-corrected chi connectivity index (χ2v) is 4.85. The van der Waals surface area contributed by atoms with Crippen LogP contribution in [-0.4, -0.2) is 46.8 Å². The van der Waals surface area contributed by atoms with Gasteiger partial charge in [0.2, 0.25) is 11.5 Å². The molecule has 0 aromatic carbocycles. The van der Waals surface area contributed by atoms with E-state index in [-0.39, 0.29) is 11.1 Å². The molecule has 1 aliphatic rings. The third-order valence-corrected chi connectivity index (χ3v) is 3.19. The number of carbonyl (C=O) groups excluding carboxylic acids is 2. The van der Waals surface area contributed by atoms with E-state index in [9.17, 15) is 23.2 Å². The van der Waals surface area contributed by atoms with Gasteiger partial charge in [-0.05, 0) is 6.07 Å². The predicted molar refractivity (Wildman–Crippen MR) is 70.1 cm³/mol. The Morgan fingerprint density at radius 1 is 1.50 bits per heavy atom. The molecule has 9 heteroatoms. The van der Waals surface area contributed by atoms with E-state index in [2.05, 4.69) is 10.3 Å². The van der Waals surface area contributed by atoms with Crippen LogP contribution >= 0.6 is 0 Å². The molecule has 2 N–H and O–H groups in total. The number of nitrogens with zero attached hydrogens (tertiary/aromatic N) is 2. The molecule has 1 aromatic rings. The zero-order valence-electron chi connectivity index (χ0n) is 11.3. The number of alkyl halides is 2. The number of nitrogens with one attached hydrogen (secondary N) is 2. The molecular formula is C13H12F2N4O3. The fourth-order valence-electron chi connectivity index (χ4n) is 2.11. The van der Waals surface area contributed by atoms with Crippen LogP contribution in [0.5, 0.6) is 0 Å². The van der Waals surface area contributed by atoms with E-state index < -0.39 is 43.3 Å². The summed E-state index contributed by atoms with van der Waals surface area (Å²) in [6, 6.07) is 2.85. The van der Waals surface area contributed by atoms with Crippen LogP contribution < -0.4 is 10.9 Å². The molecule has 0 bridgehead atoms. The lowest BCUT2D eigenvalue weighted by atomic mass is 10.2. The number of carbonyl (C=O) groups is 2. The molecule has 116 valence electrons. The fourth-order valence-corrected chi connectivity index (χ4v) is 2.11. The number of aromatic nitrogens is 1. The van der Waals surface area contributed by atoms with Crippen molar-refractivity contribution in [3.05, 3.63) is 34.2 Å². The maximum Gasteiger partial charge on any atom is 0.268 e. The number of aromatic amines is 1. The highest BCUT2D eigenvalue weighted by atomic mass is 19.3. The van der Waals surface area contributed by atoms with Crippen molar-refractivity contribution in [2.24, 2.45) is 0 Å². The minimum absolute atomic E-state index is 0.121. The smallest absolute Gasteiger partial charge is 0.268 e. The van der Waals surface area contributed by atoms with Gasteiger partial charge in [-0.3, -0.25) is 14.4 Å². The number of likely N-dealkylation sites (tertiary alicyclic amines) is 1. The van der Waals surface area contributed by atoms with E-state index >= 15 is 0 Å². The normalized spacial score (nSPS) is 19.5. The summed E-state index contributed by atoms with van der Waals surface area (Å²) in [6.45, 7) is -1.34. The Balaban J connectivity index is 1.95. The Hall–Kier alpha value is -2.76. The first kappa shape index (κ1) is 15.6. The molecule has 2 rings (SSSR count). The molecule has 1 aliphatic heterocycles. The highest BCUT2D eigenvalue weighted by Crippen LogP contribution is 2.31. The van der Waals surface area contributed by atoms with Gasteiger partial charge in [-0.25, -0.2) is 8.78 Å². The van der Waals surface area contributed by atoms with Crippen molar-refractivity contribution in [2.75, 3.05) is 13.1 Å². The van der Waals surface area contributed by atoms with Gasteiger partial charge in [-0.1, -0.05) is 0 Å². The molecule has 1 fully saturated rings. The van der Waals surface area contributed by atoms with Crippen LogP contribution in [0.4, 0.5) is 8.78 Å². The fraction of sp³-hybridized carbons (Fsp3) is 0.385. The molecule has 1 saturated heterocycles. The Bertz CT molecular complexity index is 675. The minimum atomic E-state index is -3.10. The topological polar surface area (TPSA) is 106 Å². The van der Waals surface area contributed by atoms with Crippen LogP contribution in [0.1, 0.15) is 16.8 Å². The van der Waals surface area contributed by atoms with Crippen LogP contribution in [-0.2, 0) is 4.79 Å². The van der Waals surface area contributed by atoms with E-state index in [1.807, 2.05) is 0 Å². The van der Waals surface area contributed by atoms with Crippen molar-refractivity contribution in [1.29, 1.82) is 5.26 Å². The molecule has 22 heavy (non-hydrogen) atoms. The molecule has 0 aliphatic carbocycles. The summed E-state index contributed by atoms with van der Waals surface area (Å²) in [4.78, 5) is 37.5. The van der Waals surface area contributed by atoms with Gasteiger partial charge in [0.15, 0.2) is 0 Å². The summed E-state index contributed by atoms with van der Waals surface area (Å²) in [5.74, 6) is -4.50. The minimum Gasteiger partial charge on any atom is -0.343 e. The molecule has 0 radical (unpaired) electrons. The monoisotopic (exact) mass is 310 g/mol. The molecule has 1 atom stereocenters. The molecule has 0 spiro atoms. The van der Waals surface area contributed by atoms with E-state index in [0.29, 0.717) is 0 Å². The second-order valence-electron chi connectivity index (χ2n) is 4.85. The van der Waals surface area contributed by atoms with Crippen molar-refractivity contribution in [3.63, 3.8) is 0 Å². The van der Waals surface area contributed by atoms with Crippen LogP contribution in [0.25, 0.3) is 0 Å². The highest BCUT2D eigenvalue weighted by molar-refractivity contribution is 5.96. The standard InChI is InChI=1S/C13H12F2N4O3/c14-13(15)3-9(4-16)19(7-13)11(21)6-18-12(22)8-1-2-10(20)17-5-8/h1-2,5,9H,3,6-7H2,(H,17,20)(H,18,22). The zero-order valence-corrected chi connectivity index (χ0v) is 11.3. The lowest BCUT2D eigenvalue weighted by molar-refractivity contribution is -0.131. The lowest BCUT2D eigenvalue weighted by Crippen LogP contribution is -2.43. The highest BCUT2D eigenvalue weighted by Gasteiger charge is 2.47. The van der Waals surface area contributed by atoms with Crippen LogP contribution in [0.15, 0.2) is 23.1 Å². The van der Waals surface area contributed by atoms with E-state index in [0.717, 1.165) is 11.0 Å². The van der Waals surface area contributed by atoms with Crippen molar-refractivity contribution in [1.82, 2.24) is 15.2 Å². The first-order chi connectivity index (χ1) is 10.3. The van der Waals surface area contributed by atoms with Gasteiger partial charge in [0.1, 0.15) is 6.04 Å². The van der Waals surface area contributed by atoms with Crippen molar-refractivity contribution in [3.8, 4) is 6.07 Å². The number of amides is 2. The maximum absolute atomic E-state index is 13.2. The van der Waals surface area contributed by atoms with Crippen molar-refractivity contribution < 1.29 is 18.4 Å². The lowest BCUT2D eigenvalue weighted by Gasteiger charge is -2.19. The molecule has 1 unspecified atom stereocenters. The quantitative estimate of drug-likeness (QED) is 0.810. The SMILES string of the molecule is N#CC1CC(F)(F)CN1C(=O)CNC(=O)c1ccc(=O)[nH]c1. The van der Waals surface area contributed by atoms with Gasteiger partial charge in [-0.2, -0.15) is 5.26 Å². The summed E-state index contributed by atoms with van der Waals surface area (Å²) < 4.78 is 26.5. The molecule has 2 amide bonds. The van der Waals surface area contributed by atoms with Gasteiger partial charge in [-0.15, -0.1) is 0 Å². The molecule has 1 aromatic heterocycles. The average molecular weight is 310 g/mol. The first-order valence-electron chi connectivity index (χ1n) is 6.36. The van der Waals surface area contributed by atoms with Crippen LogP contribution in [0.2, 0.25) is 0 Å². The largest absolute Gasteiger partial charge is 0.343 e. The summed E-state index contributed by atoms with van der Waals surface area (Å²) >= 11 is 0. The van der Waals surface area contributed by atoms with Gasteiger partial charge >= 0.3 is 0 Å². The van der Waals surface area contributed by atoms with Gasteiger partial charge < -0.3 is 15.2 Å². The zero-order chi connectivity index (χ0) is 16.3. The number of pyridine rings is 1. The van der Waals surface area contributed by atoms with E-state index in [1.54, 1.807) is 6.07 Å². The number of hydrogen-bond acceptors (Lipinski definition) is 4. The summed E-state index contributed by atoms with van der Waals surface area (Å²) in [7, 11) is 0. The molecular weight excluding hydrogens is 298 g/mol. The summed E-state index contributed by atoms with van der Waals surface area (Å²) in [5.41, 5.74) is -0.264. The third kappa shape index (κ3) is 3.46. The predicted octanol–water partition coefficient (Wildman–Crippen LogP) is -0.136. The van der Waals surface area contributed by atoms with Gasteiger partial charge in [0, 0.05) is 18.7 Å². The average Bonchev–Trinajstić information content (AvgIpc) is 2.80. The number of nitriles is 1. The Kier molecular flexibility index (Phi) is 4.21. The molecule has 7 nitrogen and oxygen atoms in total. The summed E-state index contributed by atoms with van der Waals surface area (Å²) in [5, 5.41) is 11.1. The number of H-pyrrole nitrogens is 1. The number of hydrogen-bond donors (Lipinski definition) is 2. The molecule has 0 saturated carbocycles. The van der Waals surface area contributed by atoms with E-state index in [4.69, 9.17) is 5.26 Å². The number of rotatable bonds is 3. The Labute approximate surface area is 123 Å².